The first kappa shape index (κ1) is 31.5. The van der Waals surface area contributed by atoms with Gasteiger partial charge in [-0.2, -0.15) is 4.31 Å². The summed E-state index contributed by atoms with van der Waals surface area (Å²) in [5.74, 6) is -0.297. The van der Waals surface area contributed by atoms with E-state index in [1.807, 2.05) is 49.4 Å². The highest BCUT2D eigenvalue weighted by Crippen LogP contribution is 2.22. The molecule has 1 atom stereocenters. The number of sulfonamides is 1. The molecule has 1 saturated heterocycles. The van der Waals surface area contributed by atoms with Crippen LogP contribution in [0.1, 0.15) is 24.5 Å². The molecule has 11 heteroatoms. The summed E-state index contributed by atoms with van der Waals surface area (Å²) < 4.78 is 38.3. The van der Waals surface area contributed by atoms with Crippen molar-refractivity contribution in [3.63, 3.8) is 0 Å². The zero-order chi connectivity index (χ0) is 30.0. The van der Waals surface area contributed by atoms with Crippen molar-refractivity contribution in [3.8, 4) is 5.75 Å². The maximum atomic E-state index is 13.7. The van der Waals surface area contributed by atoms with Crippen LogP contribution in [-0.2, 0) is 37.3 Å². The van der Waals surface area contributed by atoms with Gasteiger partial charge in [0.15, 0.2) is 6.61 Å². The smallest absolute Gasteiger partial charge is 0.261 e. The molecule has 1 aliphatic heterocycles. The average molecular weight is 614 g/mol. The second kappa shape index (κ2) is 15.2. The zero-order valence-corrected chi connectivity index (χ0v) is 25.1. The van der Waals surface area contributed by atoms with E-state index in [-0.39, 0.29) is 29.9 Å². The molecule has 9 nitrogen and oxygen atoms in total. The van der Waals surface area contributed by atoms with E-state index >= 15 is 0 Å². The molecular weight excluding hydrogens is 578 g/mol. The lowest BCUT2D eigenvalue weighted by Crippen LogP contribution is -2.51. The number of hydrogen-bond acceptors (Lipinski definition) is 6. The largest absolute Gasteiger partial charge is 0.484 e. The molecular formula is C31H36ClN3O6S. The number of benzene rings is 3. The summed E-state index contributed by atoms with van der Waals surface area (Å²) in [7, 11) is -3.65. The van der Waals surface area contributed by atoms with E-state index in [9.17, 15) is 18.0 Å². The van der Waals surface area contributed by atoms with Crippen molar-refractivity contribution in [2.75, 3.05) is 39.5 Å². The summed E-state index contributed by atoms with van der Waals surface area (Å²) in [4.78, 5) is 28.8. The minimum absolute atomic E-state index is 0.142. The van der Waals surface area contributed by atoms with Gasteiger partial charge in [0.05, 0.1) is 18.1 Å². The number of hydrogen-bond donors (Lipinski definition) is 1. The van der Waals surface area contributed by atoms with Crippen LogP contribution in [0.15, 0.2) is 83.8 Å². The number of nitrogens with zero attached hydrogens (tertiary/aromatic N) is 2. The predicted molar refractivity (Wildman–Crippen MR) is 161 cm³/mol. The maximum absolute atomic E-state index is 13.7. The molecule has 3 aromatic carbocycles. The maximum Gasteiger partial charge on any atom is 0.261 e. The van der Waals surface area contributed by atoms with E-state index in [1.54, 1.807) is 12.1 Å². The highest BCUT2D eigenvalue weighted by Gasteiger charge is 2.31. The van der Waals surface area contributed by atoms with Crippen molar-refractivity contribution < 1.29 is 27.5 Å². The summed E-state index contributed by atoms with van der Waals surface area (Å²) in [5, 5.41) is 3.51. The number of amides is 2. The Balaban J connectivity index is 1.53. The summed E-state index contributed by atoms with van der Waals surface area (Å²) in [5.41, 5.74) is 1.73. The number of halogens is 1. The van der Waals surface area contributed by atoms with Gasteiger partial charge in [0.2, 0.25) is 15.9 Å². The monoisotopic (exact) mass is 613 g/mol. The molecule has 1 aliphatic rings. The van der Waals surface area contributed by atoms with Gasteiger partial charge >= 0.3 is 0 Å². The van der Waals surface area contributed by atoms with Gasteiger partial charge in [0.25, 0.3) is 5.91 Å². The van der Waals surface area contributed by atoms with Gasteiger partial charge in [-0.1, -0.05) is 61.0 Å². The summed E-state index contributed by atoms with van der Waals surface area (Å²) >= 11 is 6.08. The second-order valence-electron chi connectivity index (χ2n) is 9.92. The van der Waals surface area contributed by atoms with Gasteiger partial charge in [-0.15, -0.1) is 0 Å². The highest BCUT2D eigenvalue weighted by molar-refractivity contribution is 7.89. The molecule has 1 fully saturated rings. The van der Waals surface area contributed by atoms with Crippen molar-refractivity contribution in [2.45, 2.75) is 37.2 Å². The van der Waals surface area contributed by atoms with Crippen LogP contribution < -0.4 is 10.1 Å². The Morgan fingerprint density at radius 2 is 1.64 bits per heavy atom. The highest BCUT2D eigenvalue weighted by atomic mass is 35.5. The Kier molecular flexibility index (Phi) is 11.4. The first-order valence-electron chi connectivity index (χ1n) is 13.9. The molecule has 0 aliphatic carbocycles. The van der Waals surface area contributed by atoms with E-state index in [2.05, 4.69) is 5.32 Å². The van der Waals surface area contributed by atoms with Gasteiger partial charge in [0, 0.05) is 37.6 Å². The van der Waals surface area contributed by atoms with Gasteiger partial charge in [-0.05, 0) is 53.9 Å². The van der Waals surface area contributed by atoms with Crippen LogP contribution >= 0.6 is 11.6 Å². The van der Waals surface area contributed by atoms with Crippen LogP contribution in [0, 0.1) is 0 Å². The van der Waals surface area contributed by atoms with Gasteiger partial charge in [-0.3, -0.25) is 9.59 Å². The number of nitrogens with one attached hydrogen (secondary N) is 1. The molecule has 0 radical (unpaired) electrons. The number of ether oxygens (including phenoxy) is 2. The van der Waals surface area contributed by atoms with Gasteiger partial charge < -0.3 is 19.7 Å². The van der Waals surface area contributed by atoms with E-state index in [0.717, 1.165) is 17.5 Å². The third-order valence-corrected chi connectivity index (χ3v) is 9.05. The first-order valence-corrected chi connectivity index (χ1v) is 15.8. The van der Waals surface area contributed by atoms with Gasteiger partial charge in [0.1, 0.15) is 11.8 Å². The van der Waals surface area contributed by atoms with Crippen LogP contribution in [0.2, 0.25) is 5.02 Å². The normalized spacial score (nSPS) is 14.6. The number of carbonyl (C=O) groups is 2. The Morgan fingerprint density at radius 3 is 2.29 bits per heavy atom. The van der Waals surface area contributed by atoms with Crippen LogP contribution in [0.3, 0.4) is 0 Å². The first-order chi connectivity index (χ1) is 20.3. The van der Waals surface area contributed by atoms with Crippen molar-refractivity contribution in [3.05, 3.63) is 95.0 Å². The van der Waals surface area contributed by atoms with Crippen molar-refractivity contribution in [1.29, 1.82) is 0 Å². The lowest BCUT2D eigenvalue weighted by molar-refractivity contribution is -0.142. The third-order valence-electron chi connectivity index (χ3n) is 6.88. The van der Waals surface area contributed by atoms with Crippen LogP contribution in [0.25, 0.3) is 0 Å². The summed E-state index contributed by atoms with van der Waals surface area (Å²) in [6.07, 6.45) is 1.08. The van der Waals surface area contributed by atoms with E-state index in [0.29, 0.717) is 50.0 Å². The molecule has 224 valence electrons. The van der Waals surface area contributed by atoms with Crippen LogP contribution in [0.5, 0.6) is 5.75 Å². The molecule has 4 rings (SSSR count). The molecule has 42 heavy (non-hydrogen) atoms. The van der Waals surface area contributed by atoms with E-state index in [1.165, 1.54) is 33.5 Å². The van der Waals surface area contributed by atoms with Crippen molar-refractivity contribution >= 4 is 33.4 Å². The SMILES string of the molecule is CCCNC(=O)[C@H](Cc1ccccc1)N(Cc1ccc(Cl)cc1)C(=O)COc1ccc(S(=O)(=O)N2CCOCC2)cc1. The number of morpholine rings is 1. The molecule has 1 N–H and O–H groups in total. The Morgan fingerprint density at radius 1 is 0.976 bits per heavy atom. The third kappa shape index (κ3) is 8.54. The Bertz CT molecular complexity index is 1410. The molecule has 0 spiro atoms. The molecule has 0 saturated carbocycles. The second-order valence-corrected chi connectivity index (χ2v) is 12.3. The lowest BCUT2D eigenvalue weighted by atomic mass is 10.0. The summed E-state index contributed by atoms with van der Waals surface area (Å²) in [6.45, 7) is 3.61. The Labute approximate surface area is 252 Å². The molecule has 2 amide bonds. The fourth-order valence-corrected chi connectivity index (χ4v) is 6.11. The van der Waals surface area contributed by atoms with Crippen LogP contribution in [-0.4, -0.2) is 74.9 Å². The number of rotatable bonds is 13. The van der Waals surface area contributed by atoms with Gasteiger partial charge in [-0.25, -0.2) is 8.42 Å². The topological polar surface area (TPSA) is 105 Å². The van der Waals surface area contributed by atoms with Crippen LogP contribution in [0.4, 0.5) is 0 Å². The fourth-order valence-electron chi connectivity index (χ4n) is 4.58. The van der Waals surface area contributed by atoms with Crippen molar-refractivity contribution in [2.24, 2.45) is 0 Å². The minimum atomic E-state index is -3.65. The standard InChI is InChI=1S/C31H36ClN3O6S/c1-2-16-33-31(37)29(21-24-6-4-3-5-7-24)35(22-25-8-10-26(32)11-9-25)30(36)23-41-27-12-14-28(15-13-27)42(38,39)34-17-19-40-20-18-34/h3-15,29H,2,16-23H2,1H3,(H,33,37)/t29-/m0/s1. The molecule has 0 bridgehead atoms. The van der Waals surface area contributed by atoms with E-state index < -0.39 is 16.1 Å². The molecule has 1 heterocycles. The van der Waals surface area contributed by atoms with Crippen molar-refractivity contribution in [1.82, 2.24) is 14.5 Å². The Hall–Kier alpha value is -3.44. The lowest BCUT2D eigenvalue weighted by Gasteiger charge is -2.31. The zero-order valence-electron chi connectivity index (χ0n) is 23.6. The molecule has 3 aromatic rings. The minimum Gasteiger partial charge on any atom is -0.484 e. The summed E-state index contributed by atoms with van der Waals surface area (Å²) in [6, 6.07) is 21.9. The average Bonchev–Trinajstić information content (AvgIpc) is 3.02. The quantitative estimate of drug-likeness (QED) is 0.313. The van der Waals surface area contributed by atoms with E-state index in [4.69, 9.17) is 21.1 Å². The molecule has 0 unspecified atom stereocenters. The predicted octanol–water partition coefficient (Wildman–Crippen LogP) is 3.91. The number of carbonyl (C=O) groups excluding carboxylic acids is 2. The molecule has 0 aromatic heterocycles. The fraction of sp³-hybridized carbons (Fsp3) is 0.355.